The van der Waals surface area contributed by atoms with E-state index < -0.39 is 0 Å². The fraction of sp³-hybridized carbons (Fsp3) is 0.857. The molecular formula is C14H26N4O2. The summed E-state index contributed by atoms with van der Waals surface area (Å²) in [6.07, 6.45) is 0.942. The second kappa shape index (κ2) is 6.92. The number of nitrogens with zero attached hydrogens (tertiary/aromatic N) is 3. The van der Waals surface area contributed by atoms with E-state index in [0.717, 1.165) is 32.6 Å². The van der Waals surface area contributed by atoms with E-state index in [9.17, 15) is 9.59 Å². The molecule has 0 aromatic carbocycles. The van der Waals surface area contributed by atoms with E-state index in [1.807, 2.05) is 28.5 Å². The molecule has 1 N–H and O–H groups in total. The highest BCUT2D eigenvalue weighted by Crippen LogP contribution is 2.14. The molecular weight excluding hydrogens is 256 g/mol. The highest BCUT2D eigenvalue weighted by molar-refractivity contribution is 5.80. The smallest absolute Gasteiger partial charge is 0.320 e. The summed E-state index contributed by atoms with van der Waals surface area (Å²) < 4.78 is 0. The Bertz CT molecular complexity index is 321. The van der Waals surface area contributed by atoms with Gasteiger partial charge in [-0.2, -0.15) is 0 Å². The van der Waals surface area contributed by atoms with Crippen molar-refractivity contribution in [2.45, 2.75) is 20.3 Å². The van der Waals surface area contributed by atoms with Gasteiger partial charge in [-0.3, -0.25) is 4.79 Å². The minimum absolute atomic E-state index is 0.102. The molecule has 1 atom stereocenters. The van der Waals surface area contributed by atoms with Crippen molar-refractivity contribution in [1.29, 1.82) is 0 Å². The lowest BCUT2D eigenvalue weighted by Crippen LogP contribution is -2.55. The summed E-state index contributed by atoms with van der Waals surface area (Å²) >= 11 is 0. The molecule has 0 aromatic rings. The molecule has 0 aliphatic carbocycles. The highest BCUT2D eigenvalue weighted by Gasteiger charge is 2.31. The largest absolute Gasteiger partial charge is 0.339 e. The molecule has 6 nitrogen and oxygen atoms in total. The Hall–Kier alpha value is -1.30. The van der Waals surface area contributed by atoms with Crippen LogP contribution in [0, 0.1) is 5.92 Å². The molecule has 2 fully saturated rings. The Kier molecular flexibility index (Phi) is 5.23. The second-order valence-electron chi connectivity index (χ2n) is 5.46. The first-order valence-corrected chi connectivity index (χ1v) is 7.70. The van der Waals surface area contributed by atoms with Crippen LogP contribution in [0.4, 0.5) is 4.79 Å². The molecule has 2 heterocycles. The van der Waals surface area contributed by atoms with Gasteiger partial charge in [0.05, 0.1) is 5.92 Å². The molecule has 1 unspecified atom stereocenters. The SMILES string of the molecule is CCN(CC)C(=O)N1CCN(C(=O)C2CCNC2)CC1. The van der Waals surface area contributed by atoms with Crippen molar-refractivity contribution in [3.63, 3.8) is 0 Å². The van der Waals surface area contributed by atoms with Gasteiger partial charge in [-0.05, 0) is 26.8 Å². The van der Waals surface area contributed by atoms with E-state index in [1.54, 1.807) is 0 Å². The fourth-order valence-corrected chi connectivity index (χ4v) is 2.94. The Morgan fingerprint density at radius 2 is 1.70 bits per heavy atom. The van der Waals surface area contributed by atoms with Crippen LogP contribution in [0.25, 0.3) is 0 Å². The Morgan fingerprint density at radius 1 is 1.10 bits per heavy atom. The molecule has 0 bridgehead atoms. The van der Waals surface area contributed by atoms with Crippen molar-refractivity contribution in [2.24, 2.45) is 5.92 Å². The number of hydrogen-bond donors (Lipinski definition) is 1. The fourth-order valence-electron chi connectivity index (χ4n) is 2.94. The van der Waals surface area contributed by atoms with E-state index in [2.05, 4.69) is 5.32 Å². The zero-order valence-corrected chi connectivity index (χ0v) is 12.6. The third kappa shape index (κ3) is 3.23. The van der Waals surface area contributed by atoms with Gasteiger partial charge in [0.15, 0.2) is 0 Å². The van der Waals surface area contributed by atoms with Gasteiger partial charge in [-0.15, -0.1) is 0 Å². The van der Waals surface area contributed by atoms with Gasteiger partial charge >= 0.3 is 6.03 Å². The number of carbonyl (C=O) groups is 2. The maximum Gasteiger partial charge on any atom is 0.320 e. The van der Waals surface area contributed by atoms with Crippen LogP contribution in [0.15, 0.2) is 0 Å². The minimum atomic E-state index is 0.102. The highest BCUT2D eigenvalue weighted by atomic mass is 16.2. The van der Waals surface area contributed by atoms with Crippen molar-refractivity contribution >= 4 is 11.9 Å². The summed E-state index contributed by atoms with van der Waals surface area (Å²) in [5.41, 5.74) is 0. The van der Waals surface area contributed by atoms with E-state index in [4.69, 9.17) is 0 Å². The number of amides is 3. The van der Waals surface area contributed by atoms with Crippen molar-refractivity contribution in [2.75, 3.05) is 52.4 Å². The Balaban J connectivity index is 1.82. The summed E-state index contributed by atoms with van der Waals surface area (Å²) in [5, 5.41) is 3.23. The number of rotatable bonds is 3. The summed E-state index contributed by atoms with van der Waals surface area (Å²) in [7, 11) is 0. The van der Waals surface area contributed by atoms with E-state index in [1.165, 1.54) is 0 Å². The molecule has 3 amide bonds. The maximum atomic E-state index is 12.3. The summed E-state index contributed by atoms with van der Waals surface area (Å²) in [5.74, 6) is 0.393. The molecule has 6 heteroatoms. The molecule has 0 saturated carbocycles. The topological polar surface area (TPSA) is 55.9 Å². The van der Waals surface area contributed by atoms with Crippen LogP contribution in [-0.4, -0.2) is 79.0 Å². The lowest BCUT2D eigenvalue weighted by atomic mass is 10.1. The molecule has 2 aliphatic rings. The van der Waals surface area contributed by atoms with Gasteiger partial charge < -0.3 is 20.0 Å². The van der Waals surface area contributed by atoms with Crippen molar-refractivity contribution < 1.29 is 9.59 Å². The van der Waals surface area contributed by atoms with Crippen LogP contribution in [0.2, 0.25) is 0 Å². The predicted octanol–water partition coefficient (Wildman–Crippen LogP) is 0.202. The van der Waals surface area contributed by atoms with E-state index in [-0.39, 0.29) is 17.9 Å². The van der Waals surface area contributed by atoms with Gasteiger partial charge in [0.25, 0.3) is 0 Å². The Labute approximate surface area is 121 Å². The average Bonchev–Trinajstić information content (AvgIpc) is 3.02. The number of carbonyl (C=O) groups excluding carboxylic acids is 2. The lowest BCUT2D eigenvalue weighted by Gasteiger charge is -2.38. The van der Waals surface area contributed by atoms with Crippen molar-refractivity contribution in [1.82, 2.24) is 20.0 Å². The maximum absolute atomic E-state index is 12.3. The zero-order valence-electron chi connectivity index (χ0n) is 12.6. The molecule has 0 aromatic heterocycles. The molecule has 0 radical (unpaired) electrons. The van der Waals surface area contributed by atoms with Gasteiger partial charge in [-0.25, -0.2) is 4.79 Å². The van der Waals surface area contributed by atoms with E-state index in [0.29, 0.717) is 26.2 Å². The first-order chi connectivity index (χ1) is 9.67. The first kappa shape index (κ1) is 15.1. The number of piperazine rings is 1. The van der Waals surface area contributed by atoms with Crippen LogP contribution in [0.3, 0.4) is 0 Å². The number of hydrogen-bond acceptors (Lipinski definition) is 3. The quantitative estimate of drug-likeness (QED) is 0.804. The van der Waals surface area contributed by atoms with Gasteiger partial charge in [0, 0.05) is 45.8 Å². The standard InChI is InChI=1S/C14H26N4O2/c1-3-16(4-2)14(20)18-9-7-17(8-10-18)13(19)12-5-6-15-11-12/h12,15H,3-11H2,1-2H3. The molecule has 0 spiro atoms. The van der Waals surface area contributed by atoms with Crippen LogP contribution >= 0.6 is 0 Å². The van der Waals surface area contributed by atoms with Crippen LogP contribution in [0.1, 0.15) is 20.3 Å². The predicted molar refractivity (Wildman–Crippen MR) is 77.4 cm³/mol. The summed E-state index contributed by atoms with van der Waals surface area (Å²) in [6.45, 7) is 9.86. The van der Waals surface area contributed by atoms with Crippen LogP contribution in [0.5, 0.6) is 0 Å². The molecule has 2 aliphatic heterocycles. The lowest BCUT2D eigenvalue weighted by molar-refractivity contribution is -0.136. The molecule has 2 saturated heterocycles. The minimum Gasteiger partial charge on any atom is -0.339 e. The zero-order chi connectivity index (χ0) is 14.5. The molecule has 20 heavy (non-hydrogen) atoms. The van der Waals surface area contributed by atoms with E-state index >= 15 is 0 Å². The van der Waals surface area contributed by atoms with Gasteiger partial charge in [0.1, 0.15) is 0 Å². The van der Waals surface area contributed by atoms with Crippen LogP contribution < -0.4 is 5.32 Å². The van der Waals surface area contributed by atoms with Gasteiger partial charge in [-0.1, -0.05) is 0 Å². The molecule has 114 valence electrons. The number of nitrogens with one attached hydrogen (secondary N) is 1. The van der Waals surface area contributed by atoms with Crippen molar-refractivity contribution in [3.05, 3.63) is 0 Å². The first-order valence-electron chi connectivity index (χ1n) is 7.70. The second-order valence-corrected chi connectivity index (χ2v) is 5.46. The number of urea groups is 1. The van der Waals surface area contributed by atoms with Crippen molar-refractivity contribution in [3.8, 4) is 0 Å². The normalized spacial score (nSPS) is 23.0. The van der Waals surface area contributed by atoms with Gasteiger partial charge in [0.2, 0.25) is 5.91 Å². The third-order valence-corrected chi connectivity index (χ3v) is 4.31. The Morgan fingerprint density at radius 3 is 2.20 bits per heavy atom. The molecule has 2 rings (SSSR count). The summed E-state index contributed by atoms with van der Waals surface area (Å²) in [6, 6.07) is 0.102. The summed E-state index contributed by atoms with van der Waals surface area (Å²) in [4.78, 5) is 30.1. The third-order valence-electron chi connectivity index (χ3n) is 4.31. The monoisotopic (exact) mass is 282 g/mol. The average molecular weight is 282 g/mol. The van der Waals surface area contributed by atoms with Crippen LogP contribution in [-0.2, 0) is 4.79 Å².